The van der Waals surface area contributed by atoms with Crippen LogP contribution in [-0.2, 0) is 6.54 Å². The Bertz CT molecular complexity index is 810. The van der Waals surface area contributed by atoms with E-state index in [4.69, 9.17) is 0 Å². The zero-order valence-corrected chi connectivity index (χ0v) is 13.0. The maximum Gasteiger partial charge on any atom is 0.139 e. The molecule has 0 atom stereocenters. The van der Waals surface area contributed by atoms with Crippen LogP contribution in [0.4, 0.5) is 11.5 Å². The summed E-state index contributed by atoms with van der Waals surface area (Å²) in [6.07, 6.45) is 10.6. The van der Waals surface area contributed by atoms with Gasteiger partial charge in [-0.3, -0.25) is 4.98 Å². The van der Waals surface area contributed by atoms with Crippen LogP contribution >= 0.6 is 0 Å². The van der Waals surface area contributed by atoms with Gasteiger partial charge in [0.05, 0.1) is 5.52 Å². The lowest BCUT2D eigenvalue weighted by Crippen LogP contribution is -2.01. The lowest BCUT2D eigenvalue weighted by molar-refractivity contribution is 0.647. The highest BCUT2D eigenvalue weighted by molar-refractivity contribution is 5.92. The number of fused-ring (bicyclic) bond motifs is 1. The predicted molar refractivity (Wildman–Crippen MR) is 89.5 cm³/mol. The highest BCUT2D eigenvalue weighted by Crippen LogP contribution is 2.33. The number of pyridine rings is 2. The van der Waals surface area contributed by atoms with Crippen molar-refractivity contribution in [2.24, 2.45) is 5.92 Å². The van der Waals surface area contributed by atoms with Crippen molar-refractivity contribution in [1.29, 1.82) is 0 Å². The molecule has 0 amide bonds. The maximum absolute atomic E-state index is 4.55. The van der Waals surface area contributed by atoms with Gasteiger partial charge in [0.2, 0.25) is 0 Å². The SMILES string of the molecule is Cc1cncc(C)c1Nc1nccc2c1ccn2CC1CC1. The van der Waals surface area contributed by atoms with Gasteiger partial charge in [0, 0.05) is 42.4 Å². The molecule has 4 rings (SSSR count). The van der Waals surface area contributed by atoms with Crippen LogP contribution < -0.4 is 5.32 Å². The van der Waals surface area contributed by atoms with Crippen molar-refractivity contribution in [2.75, 3.05) is 5.32 Å². The van der Waals surface area contributed by atoms with Gasteiger partial charge in [0.25, 0.3) is 0 Å². The smallest absolute Gasteiger partial charge is 0.139 e. The standard InChI is InChI=1S/C18H20N4/c1-12-9-19-10-13(2)17(12)21-18-15-6-8-22(11-14-3-4-14)16(15)5-7-20-18/h5-10,14H,3-4,11H2,1-2H3,(H,19,20,21). The number of hydrogen-bond donors (Lipinski definition) is 1. The van der Waals surface area contributed by atoms with Crippen LogP contribution in [-0.4, -0.2) is 14.5 Å². The molecule has 1 fully saturated rings. The molecular weight excluding hydrogens is 272 g/mol. The molecule has 3 heterocycles. The van der Waals surface area contributed by atoms with E-state index in [-0.39, 0.29) is 0 Å². The van der Waals surface area contributed by atoms with Crippen molar-refractivity contribution in [3.05, 3.63) is 48.0 Å². The summed E-state index contributed by atoms with van der Waals surface area (Å²) in [4.78, 5) is 8.78. The summed E-state index contributed by atoms with van der Waals surface area (Å²) in [5, 5.41) is 4.68. The Morgan fingerprint density at radius 2 is 1.95 bits per heavy atom. The van der Waals surface area contributed by atoms with E-state index in [2.05, 4.69) is 52.0 Å². The van der Waals surface area contributed by atoms with Crippen LogP contribution in [0.1, 0.15) is 24.0 Å². The van der Waals surface area contributed by atoms with Crippen LogP contribution in [0.2, 0.25) is 0 Å². The fourth-order valence-corrected chi connectivity index (χ4v) is 2.98. The van der Waals surface area contributed by atoms with Crippen molar-refractivity contribution in [2.45, 2.75) is 33.2 Å². The van der Waals surface area contributed by atoms with Crippen LogP contribution in [0.15, 0.2) is 36.9 Å². The van der Waals surface area contributed by atoms with Crippen molar-refractivity contribution >= 4 is 22.4 Å². The molecule has 0 aromatic carbocycles. The Hall–Kier alpha value is -2.36. The molecule has 3 aromatic heterocycles. The molecule has 0 unspecified atom stereocenters. The van der Waals surface area contributed by atoms with E-state index in [0.29, 0.717) is 0 Å². The van der Waals surface area contributed by atoms with E-state index in [1.165, 1.54) is 23.7 Å². The highest BCUT2D eigenvalue weighted by atomic mass is 15.0. The predicted octanol–water partition coefficient (Wildman–Crippen LogP) is 4.20. The third kappa shape index (κ3) is 2.34. The molecule has 0 aliphatic heterocycles. The summed E-state index contributed by atoms with van der Waals surface area (Å²) in [5.41, 5.74) is 4.63. The Morgan fingerprint density at radius 1 is 1.18 bits per heavy atom. The number of aromatic nitrogens is 3. The molecule has 22 heavy (non-hydrogen) atoms. The van der Waals surface area contributed by atoms with Gasteiger partial charge >= 0.3 is 0 Å². The lowest BCUT2D eigenvalue weighted by atomic mass is 10.1. The normalized spacial score (nSPS) is 14.5. The first kappa shape index (κ1) is 13.3. The average molecular weight is 292 g/mol. The molecular formula is C18H20N4. The van der Waals surface area contributed by atoms with Gasteiger partial charge in [-0.15, -0.1) is 0 Å². The van der Waals surface area contributed by atoms with Gasteiger partial charge < -0.3 is 9.88 Å². The molecule has 0 bridgehead atoms. The summed E-state index contributed by atoms with van der Waals surface area (Å²) in [7, 11) is 0. The van der Waals surface area contributed by atoms with Crippen LogP contribution in [0.5, 0.6) is 0 Å². The maximum atomic E-state index is 4.55. The zero-order chi connectivity index (χ0) is 15.1. The van der Waals surface area contributed by atoms with Gasteiger partial charge in [-0.25, -0.2) is 4.98 Å². The Balaban J connectivity index is 1.74. The number of hydrogen-bond acceptors (Lipinski definition) is 3. The summed E-state index contributed by atoms with van der Waals surface area (Å²) in [5.74, 6) is 1.79. The molecule has 0 saturated heterocycles. The number of rotatable bonds is 4. The first-order valence-corrected chi connectivity index (χ1v) is 7.84. The molecule has 1 aliphatic carbocycles. The second-order valence-electron chi connectivity index (χ2n) is 6.28. The van der Waals surface area contributed by atoms with E-state index < -0.39 is 0 Å². The average Bonchev–Trinajstić information content (AvgIpc) is 3.23. The van der Waals surface area contributed by atoms with Crippen LogP contribution in [0, 0.1) is 19.8 Å². The minimum absolute atomic E-state index is 0.866. The van der Waals surface area contributed by atoms with Gasteiger partial charge in [-0.1, -0.05) is 0 Å². The molecule has 1 aliphatic rings. The van der Waals surface area contributed by atoms with Crippen molar-refractivity contribution < 1.29 is 0 Å². The molecule has 112 valence electrons. The van der Waals surface area contributed by atoms with Crippen LogP contribution in [0.25, 0.3) is 10.9 Å². The summed E-state index contributed by atoms with van der Waals surface area (Å²) >= 11 is 0. The molecule has 4 heteroatoms. The lowest BCUT2D eigenvalue weighted by Gasteiger charge is -2.12. The monoisotopic (exact) mass is 292 g/mol. The fourth-order valence-electron chi connectivity index (χ4n) is 2.98. The third-order valence-electron chi connectivity index (χ3n) is 4.42. The number of aryl methyl sites for hydroxylation is 2. The van der Waals surface area contributed by atoms with Crippen molar-refractivity contribution in [3.8, 4) is 0 Å². The van der Waals surface area contributed by atoms with Gasteiger partial charge in [-0.2, -0.15) is 0 Å². The van der Waals surface area contributed by atoms with Crippen molar-refractivity contribution in [1.82, 2.24) is 14.5 Å². The Labute approximate surface area is 130 Å². The third-order valence-corrected chi connectivity index (χ3v) is 4.42. The highest BCUT2D eigenvalue weighted by Gasteiger charge is 2.22. The van der Waals surface area contributed by atoms with E-state index in [1.807, 2.05) is 18.6 Å². The number of nitrogens with one attached hydrogen (secondary N) is 1. The minimum Gasteiger partial charge on any atom is -0.347 e. The minimum atomic E-state index is 0.866. The zero-order valence-electron chi connectivity index (χ0n) is 13.0. The number of nitrogens with zero attached hydrogens (tertiary/aromatic N) is 3. The van der Waals surface area contributed by atoms with Crippen molar-refractivity contribution in [3.63, 3.8) is 0 Å². The molecule has 0 radical (unpaired) electrons. The summed E-state index contributed by atoms with van der Waals surface area (Å²) in [6, 6.07) is 4.27. The van der Waals surface area contributed by atoms with Gasteiger partial charge in [0.1, 0.15) is 5.82 Å². The summed E-state index contributed by atoms with van der Waals surface area (Å²) < 4.78 is 2.35. The first-order valence-electron chi connectivity index (χ1n) is 7.84. The number of anilines is 2. The van der Waals surface area contributed by atoms with E-state index >= 15 is 0 Å². The quantitative estimate of drug-likeness (QED) is 0.783. The second-order valence-corrected chi connectivity index (χ2v) is 6.28. The molecule has 0 spiro atoms. The Morgan fingerprint density at radius 3 is 2.68 bits per heavy atom. The second kappa shape index (κ2) is 5.13. The van der Waals surface area contributed by atoms with E-state index in [9.17, 15) is 0 Å². The van der Waals surface area contributed by atoms with E-state index in [0.717, 1.165) is 35.1 Å². The van der Waals surface area contributed by atoms with Gasteiger partial charge in [-0.05, 0) is 55.9 Å². The van der Waals surface area contributed by atoms with Gasteiger partial charge in [0.15, 0.2) is 0 Å². The van der Waals surface area contributed by atoms with E-state index in [1.54, 1.807) is 0 Å². The van der Waals surface area contributed by atoms with Crippen LogP contribution in [0.3, 0.4) is 0 Å². The largest absolute Gasteiger partial charge is 0.347 e. The summed E-state index contributed by atoms with van der Waals surface area (Å²) in [6.45, 7) is 5.27. The molecule has 1 saturated carbocycles. The fraction of sp³-hybridized carbons (Fsp3) is 0.333. The topological polar surface area (TPSA) is 42.7 Å². The first-order chi connectivity index (χ1) is 10.7. The molecule has 1 N–H and O–H groups in total. The molecule has 3 aromatic rings. The Kier molecular flexibility index (Phi) is 3.10. The molecule has 4 nitrogen and oxygen atoms in total.